The van der Waals surface area contributed by atoms with Gasteiger partial charge in [-0.1, -0.05) is 11.2 Å². The molecule has 0 spiro atoms. The summed E-state index contributed by atoms with van der Waals surface area (Å²) in [5.74, 6) is 0.935. The molecular formula is C18H18N4O4S. The van der Waals surface area contributed by atoms with Gasteiger partial charge in [-0.3, -0.25) is 9.59 Å². The first-order valence-electron chi connectivity index (χ1n) is 8.27. The van der Waals surface area contributed by atoms with E-state index in [1.165, 1.54) is 0 Å². The second-order valence-corrected chi connectivity index (χ2v) is 6.62. The number of nitrogens with zero attached hydrogens (tertiary/aromatic N) is 2. The molecule has 0 unspecified atom stereocenters. The Balaban J connectivity index is 1.41. The van der Waals surface area contributed by atoms with E-state index in [1.807, 2.05) is 17.5 Å². The van der Waals surface area contributed by atoms with Crippen LogP contribution >= 0.6 is 11.3 Å². The molecule has 1 aromatic carbocycles. The fourth-order valence-electron chi connectivity index (χ4n) is 2.27. The smallest absolute Gasteiger partial charge is 0.255 e. The third kappa shape index (κ3) is 5.65. The SMILES string of the molecule is NC(=O)COc1ccc(NC(=O)CCCc2nc(-c3cccs3)no2)cc1. The Hall–Kier alpha value is -3.20. The number of anilines is 1. The summed E-state index contributed by atoms with van der Waals surface area (Å²) in [6, 6.07) is 10.6. The topological polar surface area (TPSA) is 120 Å². The van der Waals surface area contributed by atoms with Gasteiger partial charge in [0.15, 0.2) is 6.61 Å². The Morgan fingerprint density at radius 2 is 2.04 bits per heavy atom. The van der Waals surface area contributed by atoms with Crippen LogP contribution in [0.4, 0.5) is 5.69 Å². The van der Waals surface area contributed by atoms with Crippen LogP contribution < -0.4 is 15.8 Å². The number of nitrogens with two attached hydrogens (primary N) is 1. The van der Waals surface area contributed by atoms with Gasteiger partial charge in [0.05, 0.1) is 4.88 Å². The maximum atomic E-state index is 12.0. The van der Waals surface area contributed by atoms with Gasteiger partial charge in [-0.15, -0.1) is 11.3 Å². The van der Waals surface area contributed by atoms with Gasteiger partial charge in [0.25, 0.3) is 5.91 Å². The summed E-state index contributed by atoms with van der Waals surface area (Å²) in [4.78, 5) is 28.0. The van der Waals surface area contributed by atoms with Crippen LogP contribution in [0, 0.1) is 0 Å². The lowest BCUT2D eigenvalue weighted by Crippen LogP contribution is -2.20. The summed E-state index contributed by atoms with van der Waals surface area (Å²) in [5, 5.41) is 8.69. The van der Waals surface area contributed by atoms with Crippen LogP contribution in [0.1, 0.15) is 18.7 Å². The average molecular weight is 386 g/mol. The van der Waals surface area contributed by atoms with Crippen molar-refractivity contribution in [2.75, 3.05) is 11.9 Å². The lowest BCUT2D eigenvalue weighted by molar-refractivity contribution is -0.120. The van der Waals surface area contributed by atoms with Crippen molar-refractivity contribution in [1.82, 2.24) is 10.1 Å². The number of hydrogen-bond acceptors (Lipinski definition) is 7. The van der Waals surface area contributed by atoms with Crippen LogP contribution in [0.5, 0.6) is 5.75 Å². The summed E-state index contributed by atoms with van der Waals surface area (Å²) in [7, 11) is 0. The predicted molar refractivity (Wildman–Crippen MR) is 100 cm³/mol. The maximum absolute atomic E-state index is 12.0. The van der Waals surface area contributed by atoms with E-state index in [0.29, 0.717) is 42.4 Å². The molecule has 8 nitrogen and oxygen atoms in total. The molecule has 140 valence electrons. The molecule has 9 heteroatoms. The highest BCUT2D eigenvalue weighted by molar-refractivity contribution is 7.13. The van der Waals surface area contributed by atoms with Gasteiger partial charge in [-0.05, 0) is 42.1 Å². The Morgan fingerprint density at radius 1 is 1.22 bits per heavy atom. The molecule has 3 rings (SSSR count). The van der Waals surface area contributed by atoms with Crippen molar-refractivity contribution < 1.29 is 18.8 Å². The van der Waals surface area contributed by atoms with E-state index in [9.17, 15) is 9.59 Å². The number of rotatable bonds is 9. The number of ether oxygens (including phenoxy) is 1. The number of amides is 2. The number of thiophene rings is 1. The first-order valence-corrected chi connectivity index (χ1v) is 9.15. The summed E-state index contributed by atoms with van der Waals surface area (Å²) in [5.41, 5.74) is 5.66. The molecule has 0 bridgehead atoms. The Labute approximate surface area is 159 Å². The highest BCUT2D eigenvalue weighted by Crippen LogP contribution is 2.21. The number of carbonyl (C=O) groups excluding carboxylic acids is 2. The molecule has 0 aliphatic carbocycles. The van der Waals surface area contributed by atoms with Gasteiger partial charge in [-0.25, -0.2) is 0 Å². The van der Waals surface area contributed by atoms with Crippen LogP contribution in [0.3, 0.4) is 0 Å². The standard InChI is InChI=1S/C18H18N4O4S/c19-15(23)11-25-13-8-6-12(7-9-13)20-16(24)4-1-5-17-21-18(22-26-17)14-3-2-10-27-14/h2-3,6-10H,1,4-5,11H2,(H2,19,23)(H,20,24). The van der Waals surface area contributed by atoms with E-state index < -0.39 is 5.91 Å². The number of nitrogens with one attached hydrogen (secondary N) is 1. The number of primary amides is 1. The van der Waals surface area contributed by atoms with Crippen molar-refractivity contribution in [3.63, 3.8) is 0 Å². The molecule has 0 saturated heterocycles. The summed E-state index contributed by atoms with van der Waals surface area (Å²) in [6.07, 6.45) is 1.46. The summed E-state index contributed by atoms with van der Waals surface area (Å²) < 4.78 is 10.4. The molecule has 0 radical (unpaired) electrons. The number of hydrogen-bond donors (Lipinski definition) is 2. The first kappa shape index (κ1) is 18.6. The maximum Gasteiger partial charge on any atom is 0.255 e. The molecule has 2 amide bonds. The van der Waals surface area contributed by atoms with E-state index in [-0.39, 0.29) is 12.5 Å². The second kappa shape index (κ2) is 8.95. The average Bonchev–Trinajstić information content (AvgIpc) is 3.32. The molecule has 27 heavy (non-hydrogen) atoms. The van der Waals surface area contributed by atoms with E-state index >= 15 is 0 Å². The van der Waals surface area contributed by atoms with Crippen molar-refractivity contribution >= 4 is 28.8 Å². The zero-order chi connectivity index (χ0) is 19.1. The molecule has 0 fully saturated rings. The second-order valence-electron chi connectivity index (χ2n) is 5.67. The third-order valence-corrected chi connectivity index (χ3v) is 4.39. The van der Waals surface area contributed by atoms with Crippen LogP contribution in [-0.2, 0) is 16.0 Å². The molecule has 2 heterocycles. The highest BCUT2D eigenvalue weighted by atomic mass is 32.1. The van der Waals surface area contributed by atoms with Crippen LogP contribution in [0.25, 0.3) is 10.7 Å². The van der Waals surface area contributed by atoms with Gasteiger partial charge in [0.1, 0.15) is 5.75 Å². The zero-order valence-corrected chi connectivity index (χ0v) is 15.2. The minimum atomic E-state index is -0.545. The van der Waals surface area contributed by atoms with E-state index in [1.54, 1.807) is 35.6 Å². The van der Waals surface area contributed by atoms with Crippen molar-refractivity contribution in [3.05, 3.63) is 47.7 Å². The van der Waals surface area contributed by atoms with Gasteiger partial charge >= 0.3 is 0 Å². The molecule has 2 aromatic heterocycles. The fraction of sp³-hybridized carbons (Fsp3) is 0.222. The molecular weight excluding hydrogens is 368 g/mol. The number of aromatic nitrogens is 2. The molecule has 0 saturated carbocycles. The predicted octanol–water partition coefficient (Wildman–Crippen LogP) is 2.62. The van der Waals surface area contributed by atoms with E-state index in [2.05, 4.69) is 15.5 Å². The monoisotopic (exact) mass is 386 g/mol. The largest absolute Gasteiger partial charge is 0.484 e. The normalized spacial score (nSPS) is 10.5. The third-order valence-electron chi connectivity index (χ3n) is 3.52. The zero-order valence-electron chi connectivity index (χ0n) is 14.4. The van der Waals surface area contributed by atoms with Crippen molar-refractivity contribution in [2.24, 2.45) is 5.73 Å². The molecule has 3 aromatic rings. The molecule has 3 N–H and O–H groups in total. The molecule has 0 aliphatic heterocycles. The van der Waals surface area contributed by atoms with E-state index in [0.717, 1.165) is 4.88 Å². The summed E-state index contributed by atoms with van der Waals surface area (Å²) in [6.45, 7) is -0.185. The van der Waals surface area contributed by atoms with Gasteiger partial charge < -0.3 is 20.3 Å². The minimum absolute atomic E-state index is 0.112. The number of aryl methyl sites for hydroxylation is 1. The van der Waals surface area contributed by atoms with Gasteiger partial charge in [0, 0.05) is 18.5 Å². The van der Waals surface area contributed by atoms with Gasteiger partial charge in [0.2, 0.25) is 17.6 Å². The Morgan fingerprint density at radius 3 is 2.74 bits per heavy atom. The Kier molecular flexibility index (Phi) is 6.16. The Bertz CT molecular complexity index is 890. The molecule has 0 aliphatic rings. The number of carbonyl (C=O) groups is 2. The van der Waals surface area contributed by atoms with Gasteiger partial charge in [-0.2, -0.15) is 4.98 Å². The van der Waals surface area contributed by atoms with Crippen LogP contribution in [0.15, 0.2) is 46.3 Å². The molecule has 0 atom stereocenters. The number of benzene rings is 1. The lowest BCUT2D eigenvalue weighted by atomic mass is 10.2. The minimum Gasteiger partial charge on any atom is -0.484 e. The van der Waals surface area contributed by atoms with Crippen molar-refractivity contribution in [2.45, 2.75) is 19.3 Å². The quantitative estimate of drug-likeness (QED) is 0.583. The highest BCUT2D eigenvalue weighted by Gasteiger charge is 2.10. The summed E-state index contributed by atoms with van der Waals surface area (Å²) >= 11 is 1.54. The van der Waals surface area contributed by atoms with Crippen LogP contribution in [-0.4, -0.2) is 28.6 Å². The van der Waals surface area contributed by atoms with Crippen LogP contribution in [0.2, 0.25) is 0 Å². The van der Waals surface area contributed by atoms with Crippen molar-refractivity contribution in [3.8, 4) is 16.5 Å². The first-order chi connectivity index (χ1) is 13.1. The van der Waals surface area contributed by atoms with Crippen molar-refractivity contribution in [1.29, 1.82) is 0 Å². The van der Waals surface area contributed by atoms with E-state index in [4.69, 9.17) is 15.0 Å². The fourth-order valence-corrected chi connectivity index (χ4v) is 2.92. The lowest BCUT2D eigenvalue weighted by Gasteiger charge is -2.07.